The van der Waals surface area contributed by atoms with Gasteiger partial charge in [0.15, 0.2) is 12.3 Å². The van der Waals surface area contributed by atoms with Crippen LogP contribution in [0.25, 0.3) is 0 Å². The molecular formula is C12H15NO4. The second-order valence-electron chi connectivity index (χ2n) is 3.83. The molecule has 2 rings (SSSR count). The summed E-state index contributed by atoms with van der Waals surface area (Å²) in [6.07, 6.45) is -0.944. The fourth-order valence-corrected chi connectivity index (χ4v) is 1.78. The first kappa shape index (κ1) is 12.0. The van der Waals surface area contributed by atoms with Gasteiger partial charge in [-0.2, -0.15) is 5.06 Å². The molecule has 0 aromatic heterocycles. The van der Waals surface area contributed by atoms with Gasteiger partial charge in [0, 0.05) is 13.0 Å². The maximum Gasteiger partial charge on any atom is 0.337 e. The molecule has 0 spiro atoms. The zero-order valence-corrected chi connectivity index (χ0v) is 9.57. The molecule has 1 aromatic carbocycles. The molecule has 92 valence electrons. The summed E-state index contributed by atoms with van der Waals surface area (Å²) in [5.41, 5.74) is 0.734. The molecule has 0 radical (unpaired) electrons. The summed E-state index contributed by atoms with van der Waals surface area (Å²) in [6, 6.07) is 9.16. The summed E-state index contributed by atoms with van der Waals surface area (Å²) in [4.78, 5) is 16.6. The van der Waals surface area contributed by atoms with E-state index in [2.05, 4.69) is 4.74 Å². The lowest BCUT2D eigenvalue weighted by atomic mass is 10.2. The molecule has 1 aromatic rings. The predicted molar refractivity (Wildman–Crippen MR) is 59.6 cm³/mol. The molecule has 1 N–H and O–H groups in total. The molecule has 5 heteroatoms. The highest BCUT2D eigenvalue weighted by Crippen LogP contribution is 2.25. The molecule has 17 heavy (non-hydrogen) atoms. The van der Waals surface area contributed by atoms with Crippen LogP contribution in [0.15, 0.2) is 30.3 Å². The Morgan fingerprint density at radius 2 is 2.24 bits per heavy atom. The fraction of sp³-hybridized carbons (Fsp3) is 0.417. The first-order chi connectivity index (χ1) is 8.22. The number of aliphatic hydroxyl groups is 1. The van der Waals surface area contributed by atoms with Crippen molar-refractivity contribution in [2.75, 3.05) is 13.7 Å². The Labute approximate surface area is 99.5 Å². The minimum Gasteiger partial charge on any atom is -0.467 e. The highest BCUT2D eigenvalue weighted by atomic mass is 16.7. The number of carbonyl (C=O) groups excluding carboxylic acids is 1. The van der Waals surface area contributed by atoms with E-state index in [9.17, 15) is 9.90 Å². The average molecular weight is 237 g/mol. The van der Waals surface area contributed by atoms with Crippen LogP contribution in [0.3, 0.4) is 0 Å². The van der Waals surface area contributed by atoms with Crippen molar-refractivity contribution in [3.8, 4) is 0 Å². The Bertz CT molecular complexity index is 381. The van der Waals surface area contributed by atoms with Gasteiger partial charge >= 0.3 is 5.97 Å². The van der Waals surface area contributed by atoms with Crippen LogP contribution in [-0.2, 0) is 14.4 Å². The van der Waals surface area contributed by atoms with Crippen LogP contribution in [0.5, 0.6) is 0 Å². The predicted octanol–water partition coefficient (Wildman–Crippen LogP) is 0.856. The topological polar surface area (TPSA) is 59.0 Å². The van der Waals surface area contributed by atoms with Crippen molar-refractivity contribution < 1.29 is 19.5 Å². The lowest BCUT2D eigenvalue weighted by molar-refractivity contribution is -0.232. The number of methoxy groups -OCH3 is 1. The quantitative estimate of drug-likeness (QED) is 0.790. The van der Waals surface area contributed by atoms with Crippen molar-refractivity contribution in [1.82, 2.24) is 5.06 Å². The number of hydrogen-bond acceptors (Lipinski definition) is 5. The van der Waals surface area contributed by atoms with Crippen LogP contribution in [0.1, 0.15) is 18.2 Å². The number of carbonyl (C=O) groups is 1. The van der Waals surface area contributed by atoms with E-state index in [0.29, 0.717) is 13.0 Å². The van der Waals surface area contributed by atoms with Crippen molar-refractivity contribution >= 4 is 5.97 Å². The molecule has 0 aliphatic carbocycles. The summed E-state index contributed by atoms with van der Waals surface area (Å²) in [6.45, 7) is 0.496. The van der Waals surface area contributed by atoms with Crippen LogP contribution in [0.4, 0.5) is 0 Å². The molecule has 0 amide bonds. The third kappa shape index (κ3) is 2.63. The number of hydroxylamine groups is 2. The molecule has 5 nitrogen and oxygen atoms in total. The van der Waals surface area contributed by atoms with Gasteiger partial charge in [-0.05, 0) is 5.56 Å². The van der Waals surface area contributed by atoms with Gasteiger partial charge in [-0.15, -0.1) is 0 Å². The molecule has 1 saturated heterocycles. The highest BCUT2D eigenvalue weighted by Gasteiger charge is 2.34. The minimum absolute atomic E-state index is 0.409. The molecule has 2 atom stereocenters. The van der Waals surface area contributed by atoms with Crippen molar-refractivity contribution in [3.05, 3.63) is 35.9 Å². The summed E-state index contributed by atoms with van der Waals surface area (Å²) < 4.78 is 4.60. The van der Waals surface area contributed by atoms with Gasteiger partial charge < -0.3 is 9.84 Å². The number of ether oxygens (including phenoxy) is 1. The van der Waals surface area contributed by atoms with Gasteiger partial charge in [-0.3, -0.25) is 4.84 Å². The van der Waals surface area contributed by atoms with E-state index < -0.39 is 18.3 Å². The van der Waals surface area contributed by atoms with Crippen molar-refractivity contribution in [3.63, 3.8) is 0 Å². The Kier molecular flexibility index (Phi) is 3.73. The van der Waals surface area contributed by atoms with Crippen LogP contribution in [-0.4, -0.2) is 35.9 Å². The highest BCUT2D eigenvalue weighted by molar-refractivity contribution is 5.74. The number of hydrogen-bond donors (Lipinski definition) is 1. The van der Waals surface area contributed by atoms with E-state index >= 15 is 0 Å². The van der Waals surface area contributed by atoms with Gasteiger partial charge in [0.2, 0.25) is 0 Å². The van der Waals surface area contributed by atoms with E-state index in [1.54, 1.807) is 12.1 Å². The fourth-order valence-electron chi connectivity index (χ4n) is 1.78. The Morgan fingerprint density at radius 1 is 1.53 bits per heavy atom. The summed E-state index contributed by atoms with van der Waals surface area (Å²) in [5.74, 6) is -0.409. The van der Waals surface area contributed by atoms with E-state index in [1.165, 1.54) is 12.2 Å². The number of benzene rings is 1. The summed E-state index contributed by atoms with van der Waals surface area (Å²) in [7, 11) is 1.32. The van der Waals surface area contributed by atoms with Crippen LogP contribution < -0.4 is 0 Å². The standard InChI is InChI=1S/C12H15NO4/c1-16-12(15)10-7-8-13(17-10)11(14)9-5-3-2-4-6-9/h2-6,10-11,14H,7-8H2,1H3. The maximum absolute atomic E-state index is 11.3. The third-order valence-corrected chi connectivity index (χ3v) is 2.71. The van der Waals surface area contributed by atoms with E-state index in [4.69, 9.17) is 4.84 Å². The maximum atomic E-state index is 11.3. The van der Waals surface area contributed by atoms with E-state index in [0.717, 1.165) is 5.56 Å². The number of esters is 1. The Morgan fingerprint density at radius 3 is 2.88 bits per heavy atom. The van der Waals surface area contributed by atoms with Gasteiger partial charge in [0.25, 0.3) is 0 Å². The minimum atomic E-state index is -0.856. The van der Waals surface area contributed by atoms with Crippen LogP contribution in [0.2, 0.25) is 0 Å². The first-order valence-corrected chi connectivity index (χ1v) is 5.46. The SMILES string of the molecule is COC(=O)C1CCN(C(O)c2ccccc2)O1. The van der Waals surface area contributed by atoms with E-state index in [1.807, 2.05) is 18.2 Å². The summed E-state index contributed by atoms with van der Waals surface area (Å²) >= 11 is 0. The first-order valence-electron chi connectivity index (χ1n) is 5.46. The largest absolute Gasteiger partial charge is 0.467 e. The molecular weight excluding hydrogens is 222 g/mol. The zero-order valence-electron chi connectivity index (χ0n) is 9.57. The molecule has 2 unspecified atom stereocenters. The van der Waals surface area contributed by atoms with Gasteiger partial charge in [0.1, 0.15) is 0 Å². The van der Waals surface area contributed by atoms with Crippen LogP contribution in [0, 0.1) is 0 Å². The zero-order chi connectivity index (χ0) is 12.3. The Balaban J connectivity index is 1.99. The molecule has 1 heterocycles. The number of aliphatic hydroxyl groups excluding tert-OH is 1. The number of rotatable bonds is 3. The summed E-state index contributed by atoms with van der Waals surface area (Å²) in [5, 5.41) is 11.4. The second kappa shape index (κ2) is 5.27. The normalized spacial score (nSPS) is 22.4. The molecule has 1 fully saturated rings. The molecule has 1 aliphatic rings. The van der Waals surface area contributed by atoms with Crippen molar-refractivity contribution in [1.29, 1.82) is 0 Å². The smallest absolute Gasteiger partial charge is 0.337 e. The van der Waals surface area contributed by atoms with Crippen molar-refractivity contribution in [2.24, 2.45) is 0 Å². The van der Waals surface area contributed by atoms with Gasteiger partial charge in [-0.25, -0.2) is 4.79 Å². The second-order valence-corrected chi connectivity index (χ2v) is 3.83. The lowest BCUT2D eigenvalue weighted by Gasteiger charge is -2.22. The molecule has 0 saturated carbocycles. The lowest BCUT2D eigenvalue weighted by Crippen LogP contribution is -2.28. The molecule has 1 aliphatic heterocycles. The van der Waals surface area contributed by atoms with Crippen molar-refractivity contribution in [2.45, 2.75) is 18.8 Å². The average Bonchev–Trinajstić information content (AvgIpc) is 2.87. The van der Waals surface area contributed by atoms with Crippen LogP contribution >= 0.6 is 0 Å². The molecule has 0 bridgehead atoms. The van der Waals surface area contributed by atoms with E-state index in [-0.39, 0.29) is 0 Å². The van der Waals surface area contributed by atoms with Gasteiger partial charge in [0.05, 0.1) is 7.11 Å². The van der Waals surface area contributed by atoms with Gasteiger partial charge in [-0.1, -0.05) is 30.3 Å². The third-order valence-electron chi connectivity index (χ3n) is 2.71. The Hall–Kier alpha value is -1.43. The monoisotopic (exact) mass is 237 g/mol. The number of nitrogens with zero attached hydrogens (tertiary/aromatic N) is 1.